The molecule has 4 nitrogen and oxygen atoms in total. The lowest BCUT2D eigenvalue weighted by atomic mass is 9.98. The lowest BCUT2D eigenvalue weighted by molar-refractivity contribution is 0.478. The normalized spacial score (nSPS) is 12.1. The number of rotatable bonds is 3. The van der Waals surface area contributed by atoms with E-state index in [0.717, 1.165) is 61.7 Å². The van der Waals surface area contributed by atoms with E-state index in [4.69, 9.17) is 9.84 Å². The highest BCUT2D eigenvalue weighted by atomic mass is 16.5. The minimum absolute atomic E-state index is 0.801. The summed E-state index contributed by atoms with van der Waals surface area (Å²) in [4.78, 5) is 2.30. The van der Waals surface area contributed by atoms with Gasteiger partial charge in [0.1, 0.15) is 5.69 Å². The van der Waals surface area contributed by atoms with Crippen molar-refractivity contribution in [3.05, 3.63) is 128 Å². The van der Waals surface area contributed by atoms with E-state index in [2.05, 4.69) is 88.9 Å². The van der Waals surface area contributed by atoms with Crippen molar-refractivity contribution in [2.75, 3.05) is 4.90 Å². The predicted molar refractivity (Wildman–Crippen MR) is 145 cm³/mol. The molecule has 0 bridgehead atoms. The molecule has 0 N–H and O–H groups in total. The zero-order valence-electron chi connectivity index (χ0n) is 19.4. The zero-order valence-corrected chi connectivity index (χ0v) is 19.4. The SMILES string of the molecule is c1ccc(-c2cnnc(-c3ccccc3)c2N2c3ccccc3Oc3ccc4ccccc4c32)cc1. The topological polar surface area (TPSA) is 38.2 Å². The van der Waals surface area contributed by atoms with Crippen molar-refractivity contribution in [2.45, 2.75) is 0 Å². The Morgan fingerprint density at radius 1 is 0.556 bits per heavy atom. The van der Waals surface area contributed by atoms with Crippen LogP contribution in [0.25, 0.3) is 33.2 Å². The molecule has 1 aliphatic rings. The molecule has 0 radical (unpaired) electrons. The summed E-state index contributed by atoms with van der Waals surface area (Å²) in [5.74, 6) is 1.61. The molecule has 1 aliphatic heterocycles. The van der Waals surface area contributed by atoms with Gasteiger partial charge in [-0.25, -0.2) is 0 Å². The maximum Gasteiger partial charge on any atom is 0.152 e. The predicted octanol–water partition coefficient (Wildman–Crippen LogP) is 8.54. The standard InChI is InChI=1S/C32H21N3O/c1-3-11-22(12-4-1)26-21-33-34-30(24-14-5-2-6-15-24)32(26)35-27-17-9-10-18-28(27)36-29-20-19-23-13-7-8-16-25(23)31(29)35/h1-21H. The van der Waals surface area contributed by atoms with E-state index >= 15 is 0 Å². The van der Waals surface area contributed by atoms with Crippen LogP contribution in [0, 0.1) is 0 Å². The van der Waals surface area contributed by atoms with Gasteiger partial charge in [-0.2, -0.15) is 5.10 Å². The molecule has 0 amide bonds. The molecule has 5 aromatic carbocycles. The fourth-order valence-corrected chi connectivity index (χ4v) is 4.97. The molecule has 1 aromatic heterocycles. The van der Waals surface area contributed by atoms with Crippen molar-refractivity contribution in [3.63, 3.8) is 0 Å². The number of hydrogen-bond donors (Lipinski definition) is 0. The maximum absolute atomic E-state index is 6.45. The summed E-state index contributed by atoms with van der Waals surface area (Å²) in [5, 5.41) is 11.4. The number of aromatic nitrogens is 2. The molecule has 0 unspecified atom stereocenters. The van der Waals surface area contributed by atoms with Gasteiger partial charge < -0.3 is 9.64 Å². The number of fused-ring (bicyclic) bond motifs is 4. The molecule has 6 aromatic rings. The highest BCUT2D eigenvalue weighted by molar-refractivity contribution is 6.07. The third kappa shape index (κ3) is 3.23. The zero-order chi connectivity index (χ0) is 23.9. The van der Waals surface area contributed by atoms with Gasteiger partial charge in [-0.05, 0) is 29.1 Å². The van der Waals surface area contributed by atoms with Gasteiger partial charge in [0.25, 0.3) is 0 Å². The summed E-state index contributed by atoms with van der Waals surface area (Å²) in [6.45, 7) is 0. The van der Waals surface area contributed by atoms with E-state index in [-0.39, 0.29) is 0 Å². The van der Waals surface area contributed by atoms with E-state index in [9.17, 15) is 0 Å². The van der Waals surface area contributed by atoms with Crippen molar-refractivity contribution in [1.29, 1.82) is 0 Å². The van der Waals surface area contributed by atoms with Crippen molar-refractivity contribution < 1.29 is 4.74 Å². The molecule has 0 fully saturated rings. The van der Waals surface area contributed by atoms with Crippen LogP contribution in [0.5, 0.6) is 11.5 Å². The highest BCUT2D eigenvalue weighted by Gasteiger charge is 2.32. The molecule has 7 rings (SSSR count). The van der Waals surface area contributed by atoms with Crippen LogP contribution in [0.2, 0.25) is 0 Å². The van der Waals surface area contributed by atoms with E-state index in [1.165, 1.54) is 0 Å². The van der Waals surface area contributed by atoms with Crippen LogP contribution in [0.15, 0.2) is 128 Å². The van der Waals surface area contributed by atoms with E-state index in [0.29, 0.717) is 0 Å². The van der Waals surface area contributed by atoms with Crippen molar-refractivity contribution >= 4 is 27.8 Å². The summed E-state index contributed by atoms with van der Waals surface area (Å²) in [6, 6.07) is 41.4. The fraction of sp³-hybridized carbons (Fsp3) is 0. The first-order valence-electron chi connectivity index (χ1n) is 11.9. The number of para-hydroxylation sites is 2. The van der Waals surface area contributed by atoms with Crippen molar-refractivity contribution in [3.8, 4) is 33.9 Å². The number of benzene rings is 5. The molecular formula is C32H21N3O. The van der Waals surface area contributed by atoms with Crippen LogP contribution < -0.4 is 9.64 Å². The minimum Gasteiger partial charge on any atom is -0.453 e. The number of hydrogen-bond acceptors (Lipinski definition) is 4. The Labute approximate surface area is 209 Å². The second kappa shape index (κ2) is 8.36. The summed E-state index contributed by atoms with van der Waals surface area (Å²) < 4.78 is 6.45. The lowest BCUT2D eigenvalue weighted by Gasteiger charge is -2.35. The van der Waals surface area contributed by atoms with Crippen LogP contribution in [0.3, 0.4) is 0 Å². The Bertz CT molecular complexity index is 1660. The molecule has 0 saturated carbocycles. The van der Waals surface area contributed by atoms with Crippen molar-refractivity contribution in [1.82, 2.24) is 10.2 Å². The Kier molecular flexibility index (Phi) is 4.74. The first-order chi connectivity index (χ1) is 17.9. The van der Waals surface area contributed by atoms with Gasteiger partial charge in [0.05, 0.1) is 23.3 Å². The quantitative estimate of drug-likeness (QED) is 0.263. The molecule has 2 heterocycles. The maximum atomic E-state index is 6.45. The largest absolute Gasteiger partial charge is 0.453 e. The average Bonchev–Trinajstić information content (AvgIpc) is 2.96. The number of nitrogens with zero attached hydrogens (tertiary/aromatic N) is 3. The third-order valence-corrected chi connectivity index (χ3v) is 6.59. The highest BCUT2D eigenvalue weighted by Crippen LogP contribution is 2.56. The van der Waals surface area contributed by atoms with Crippen LogP contribution in [0.1, 0.15) is 0 Å². The Balaban J connectivity index is 1.63. The van der Waals surface area contributed by atoms with E-state index in [1.807, 2.05) is 48.7 Å². The van der Waals surface area contributed by atoms with Gasteiger partial charge in [-0.15, -0.1) is 5.10 Å². The fourth-order valence-electron chi connectivity index (χ4n) is 4.97. The third-order valence-electron chi connectivity index (χ3n) is 6.59. The molecule has 0 atom stereocenters. The van der Waals surface area contributed by atoms with E-state index in [1.54, 1.807) is 0 Å². The second-order valence-corrected chi connectivity index (χ2v) is 8.73. The van der Waals surface area contributed by atoms with Gasteiger partial charge in [0.15, 0.2) is 11.5 Å². The van der Waals surface area contributed by atoms with Crippen LogP contribution in [0.4, 0.5) is 17.1 Å². The first-order valence-corrected chi connectivity index (χ1v) is 11.9. The summed E-state index contributed by atoms with van der Waals surface area (Å²) in [5.41, 5.74) is 6.81. The Hall–Kier alpha value is -4.96. The first kappa shape index (κ1) is 20.4. The summed E-state index contributed by atoms with van der Waals surface area (Å²) in [6.07, 6.45) is 1.86. The summed E-state index contributed by atoms with van der Waals surface area (Å²) >= 11 is 0. The van der Waals surface area contributed by atoms with Crippen LogP contribution >= 0.6 is 0 Å². The average molecular weight is 464 g/mol. The molecule has 36 heavy (non-hydrogen) atoms. The van der Waals surface area contributed by atoms with Crippen LogP contribution in [-0.2, 0) is 0 Å². The Morgan fingerprint density at radius 2 is 1.25 bits per heavy atom. The lowest BCUT2D eigenvalue weighted by Crippen LogP contribution is -2.18. The van der Waals surface area contributed by atoms with Gasteiger partial charge in [-0.1, -0.05) is 103 Å². The minimum atomic E-state index is 0.801. The van der Waals surface area contributed by atoms with Crippen molar-refractivity contribution in [2.24, 2.45) is 0 Å². The monoisotopic (exact) mass is 463 g/mol. The molecular weight excluding hydrogens is 442 g/mol. The Morgan fingerprint density at radius 3 is 2.08 bits per heavy atom. The summed E-state index contributed by atoms with van der Waals surface area (Å²) in [7, 11) is 0. The van der Waals surface area contributed by atoms with E-state index < -0.39 is 0 Å². The smallest absolute Gasteiger partial charge is 0.152 e. The molecule has 0 saturated heterocycles. The van der Waals surface area contributed by atoms with Gasteiger partial charge in [0.2, 0.25) is 0 Å². The van der Waals surface area contributed by atoms with Gasteiger partial charge >= 0.3 is 0 Å². The van der Waals surface area contributed by atoms with Gasteiger partial charge in [-0.3, -0.25) is 0 Å². The molecule has 170 valence electrons. The number of anilines is 3. The van der Waals surface area contributed by atoms with Crippen LogP contribution in [-0.4, -0.2) is 10.2 Å². The molecule has 0 aliphatic carbocycles. The molecule has 4 heteroatoms. The second-order valence-electron chi connectivity index (χ2n) is 8.73. The number of ether oxygens (including phenoxy) is 1. The van der Waals surface area contributed by atoms with Gasteiger partial charge in [0, 0.05) is 16.5 Å². The molecule has 0 spiro atoms.